The van der Waals surface area contributed by atoms with Gasteiger partial charge in [-0.05, 0) is 49.2 Å². The van der Waals surface area contributed by atoms with E-state index in [0.29, 0.717) is 16.5 Å². The summed E-state index contributed by atoms with van der Waals surface area (Å²) in [6.45, 7) is 4.00. The fourth-order valence-electron chi connectivity index (χ4n) is 2.57. The van der Waals surface area contributed by atoms with Crippen LogP contribution in [0, 0.1) is 13.8 Å². The van der Waals surface area contributed by atoms with Crippen molar-refractivity contribution < 1.29 is 9.90 Å². The topological polar surface area (TPSA) is 80.0 Å². The van der Waals surface area contributed by atoms with Gasteiger partial charge in [0.15, 0.2) is 11.0 Å². The molecule has 27 heavy (non-hydrogen) atoms. The Hall–Kier alpha value is -2.32. The van der Waals surface area contributed by atoms with Gasteiger partial charge >= 0.3 is 0 Å². The Morgan fingerprint density at radius 2 is 2.04 bits per heavy atom. The third-order valence-electron chi connectivity index (χ3n) is 4.25. The second kappa shape index (κ2) is 8.14. The van der Waals surface area contributed by atoms with E-state index >= 15 is 0 Å². The Morgan fingerprint density at radius 1 is 1.26 bits per heavy atom. The van der Waals surface area contributed by atoms with Crippen LogP contribution in [-0.4, -0.2) is 31.5 Å². The number of hydrogen-bond acceptors (Lipinski definition) is 5. The van der Waals surface area contributed by atoms with Gasteiger partial charge in [-0.15, -0.1) is 10.2 Å². The number of rotatable bonds is 5. The Kier molecular flexibility index (Phi) is 5.86. The van der Waals surface area contributed by atoms with Gasteiger partial charge in [0.2, 0.25) is 5.91 Å². The van der Waals surface area contributed by atoms with Crippen LogP contribution in [0.4, 0.5) is 5.69 Å². The molecular weight excluding hydrogens is 428 g/mol. The van der Waals surface area contributed by atoms with Crippen LogP contribution >= 0.6 is 27.7 Å². The first-order chi connectivity index (χ1) is 12.9. The monoisotopic (exact) mass is 446 g/mol. The number of carbonyl (C=O) groups excluding carboxylic acids is 1. The van der Waals surface area contributed by atoms with Crippen LogP contribution in [0.25, 0.3) is 11.4 Å². The predicted octanol–water partition coefficient (Wildman–Crippen LogP) is 4.30. The molecule has 2 N–H and O–H groups in total. The molecule has 3 aromatic rings. The lowest BCUT2D eigenvalue weighted by Gasteiger charge is -2.10. The van der Waals surface area contributed by atoms with Crippen molar-refractivity contribution in [2.24, 2.45) is 7.05 Å². The van der Waals surface area contributed by atoms with E-state index in [0.717, 1.165) is 21.3 Å². The molecular formula is C19H19BrN4O2S. The van der Waals surface area contributed by atoms with E-state index in [2.05, 4.69) is 31.4 Å². The van der Waals surface area contributed by atoms with Crippen LogP contribution in [0.1, 0.15) is 11.1 Å². The molecule has 2 aromatic carbocycles. The average Bonchev–Trinajstić information content (AvgIpc) is 3.00. The lowest BCUT2D eigenvalue weighted by atomic mass is 10.1. The molecule has 0 fully saturated rings. The third-order valence-corrected chi connectivity index (χ3v) is 5.76. The zero-order valence-corrected chi connectivity index (χ0v) is 17.6. The molecule has 0 spiro atoms. The maximum Gasteiger partial charge on any atom is 0.234 e. The summed E-state index contributed by atoms with van der Waals surface area (Å²) in [7, 11) is 1.81. The average molecular weight is 447 g/mol. The highest BCUT2D eigenvalue weighted by atomic mass is 79.9. The van der Waals surface area contributed by atoms with Gasteiger partial charge < -0.3 is 15.0 Å². The molecule has 0 radical (unpaired) electrons. The number of aromatic nitrogens is 3. The maximum atomic E-state index is 12.3. The zero-order chi connectivity index (χ0) is 19.6. The van der Waals surface area contributed by atoms with Crippen LogP contribution in [0.15, 0.2) is 46.0 Å². The number of halogens is 1. The molecule has 0 aliphatic rings. The van der Waals surface area contributed by atoms with Crippen LogP contribution in [-0.2, 0) is 11.8 Å². The smallest absolute Gasteiger partial charge is 0.234 e. The molecule has 8 heteroatoms. The number of amides is 1. The number of thioether (sulfide) groups is 1. The minimum Gasteiger partial charge on any atom is -0.507 e. The van der Waals surface area contributed by atoms with Crippen molar-refractivity contribution in [3.8, 4) is 17.1 Å². The number of nitrogens with zero attached hydrogens (tertiary/aromatic N) is 3. The molecule has 0 saturated carbocycles. The SMILES string of the molecule is Cc1cccc(NC(=O)CSc2nnc(-c3cc(Br)ccc3O)n2C)c1C. The van der Waals surface area contributed by atoms with E-state index in [1.807, 2.05) is 32.0 Å². The van der Waals surface area contributed by atoms with Gasteiger partial charge in [-0.1, -0.05) is 39.8 Å². The Morgan fingerprint density at radius 3 is 2.81 bits per heavy atom. The van der Waals surface area contributed by atoms with E-state index in [4.69, 9.17) is 0 Å². The molecule has 1 heterocycles. The summed E-state index contributed by atoms with van der Waals surface area (Å²) in [5, 5.41) is 21.9. The van der Waals surface area contributed by atoms with Crippen molar-refractivity contribution in [2.75, 3.05) is 11.1 Å². The van der Waals surface area contributed by atoms with Gasteiger partial charge in [0, 0.05) is 17.2 Å². The highest BCUT2D eigenvalue weighted by molar-refractivity contribution is 9.10. The lowest BCUT2D eigenvalue weighted by molar-refractivity contribution is -0.113. The van der Waals surface area contributed by atoms with Crippen molar-refractivity contribution in [2.45, 2.75) is 19.0 Å². The van der Waals surface area contributed by atoms with Gasteiger partial charge in [-0.25, -0.2) is 0 Å². The van der Waals surface area contributed by atoms with Crippen LogP contribution in [0.3, 0.4) is 0 Å². The zero-order valence-electron chi connectivity index (χ0n) is 15.2. The van der Waals surface area contributed by atoms with Crippen molar-refractivity contribution in [3.05, 3.63) is 52.0 Å². The fourth-order valence-corrected chi connectivity index (χ4v) is 3.64. The fraction of sp³-hybridized carbons (Fsp3) is 0.211. The normalized spacial score (nSPS) is 10.8. The Labute approximate surface area is 170 Å². The minimum absolute atomic E-state index is 0.108. The number of aromatic hydroxyl groups is 1. The minimum atomic E-state index is -0.108. The largest absolute Gasteiger partial charge is 0.507 e. The summed E-state index contributed by atoms with van der Waals surface area (Å²) in [5.41, 5.74) is 3.58. The summed E-state index contributed by atoms with van der Waals surface area (Å²) in [6.07, 6.45) is 0. The molecule has 0 aliphatic heterocycles. The molecule has 0 aliphatic carbocycles. The summed E-state index contributed by atoms with van der Waals surface area (Å²) in [4.78, 5) is 12.3. The first-order valence-corrected chi connectivity index (χ1v) is 10.0. The number of nitrogens with one attached hydrogen (secondary N) is 1. The Balaban J connectivity index is 1.70. The van der Waals surface area contributed by atoms with E-state index in [-0.39, 0.29) is 17.4 Å². The molecule has 0 saturated heterocycles. The first kappa shape index (κ1) is 19.4. The maximum absolute atomic E-state index is 12.3. The van der Waals surface area contributed by atoms with E-state index < -0.39 is 0 Å². The standard InChI is InChI=1S/C19H19BrN4O2S/c1-11-5-4-6-15(12(11)2)21-17(26)10-27-19-23-22-18(24(19)3)14-9-13(20)7-8-16(14)25/h4-9,25H,10H2,1-3H3,(H,21,26). The predicted molar refractivity (Wildman–Crippen MR) is 111 cm³/mol. The molecule has 140 valence electrons. The summed E-state index contributed by atoms with van der Waals surface area (Å²) < 4.78 is 2.59. The number of aryl methyl sites for hydroxylation is 1. The van der Waals surface area contributed by atoms with E-state index in [1.54, 1.807) is 29.8 Å². The van der Waals surface area contributed by atoms with Crippen molar-refractivity contribution in [3.63, 3.8) is 0 Å². The molecule has 1 aromatic heterocycles. The number of carbonyl (C=O) groups is 1. The molecule has 1 amide bonds. The molecule has 0 atom stereocenters. The highest BCUT2D eigenvalue weighted by Gasteiger charge is 2.16. The number of phenols is 1. The van der Waals surface area contributed by atoms with Gasteiger partial charge in [-0.3, -0.25) is 4.79 Å². The van der Waals surface area contributed by atoms with E-state index in [9.17, 15) is 9.90 Å². The molecule has 0 unspecified atom stereocenters. The van der Waals surface area contributed by atoms with E-state index in [1.165, 1.54) is 11.8 Å². The van der Waals surface area contributed by atoms with Gasteiger partial charge in [-0.2, -0.15) is 0 Å². The molecule has 3 rings (SSSR count). The number of hydrogen-bond donors (Lipinski definition) is 2. The molecule has 6 nitrogen and oxygen atoms in total. The first-order valence-electron chi connectivity index (χ1n) is 8.24. The van der Waals surface area contributed by atoms with Gasteiger partial charge in [0.1, 0.15) is 5.75 Å². The van der Waals surface area contributed by atoms with Crippen LogP contribution in [0.2, 0.25) is 0 Å². The Bertz CT molecular complexity index is 1000. The summed E-state index contributed by atoms with van der Waals surface area (Å²) >= 11 is 4.68. The summed E-state index contributed by atoms with van der Waals surface area (Å²) in [6, 6.07) is 11.0. The number of phenolic OH excluding ortho intramolecular Hbond substituents is 1. The second-order valence-electron chi connectivity index (χ2n) is 6.11. The van der Waals surface area contributed by atoms with Crippen molar-refractivity contribution in [1.82, 2.24) is 14.8 Å². The quantitative estimate of drug-likeness (QED) is 0.571. The van der Waals surface area contributed by atoms with Crippen molar-refractivity contribution in [1.29, 1.82) is 0 Å². The second-order valence-corrected chi connectivity index (χ2v) is 7.97. The van der Waals surface area contributed by atoms with Gasteiger partial charge in [0.05, 0.1) is 11.3 Å². The molecule has 0 bridgehead atoms. The third kappa shape index (κ3) is 4.33. The van der Waals surface area contributed by atoms with Gasteiger partial charge in [0.25, 0.3) is 0 Å². The lowest BCUT2D eigenvalue weighted by Crippen LogP contribution is -2.15. The van der Waals surface area contributed by atoms with Crippen molar-refractivity contribution >= 4 is 39.3 Å². The van der Waals surface area contributed by atoms with Crippen LogP contribution < -0.4 is 5.32 Å². The van der Waals surface area contributed by atoms with Crippen LogP contribution in [0.5, 0.6) is 5.75 Å². The highest BCUT2D eigenvalue weighted by Crippen LogP contribution is 2.32. The summed E-state index contributed by atoms with van der Waals surface area (Å²) in [5.74, 6) is 0.761. The number of benzene rings is 2. The number of anilines is 1.